The molecule has 106 valence electrons. The van der Waals surface area contributed by atoms with Gasteiger partial charge in [-0.25, -0.2) is 0 Å². The molecule has 1 saturated heterocycles. The molecule has 1 fully saturated rings. The van der Waals surface area contributed by atoms with E-state index in [1.807, 2.05) is 0 Å². The number of hydrogen-bond acceptors (Lipinski definition) is 2. The molecule has 2 rings (SSSR count). The normalized spacial score (nSPS) is 19.9. The van der Waals surface area contributed by atoms with E-state index in [1.54, 1.807) is 0 Å². The SMILES string of the molecule is CCN1CCCC1CN(C)c1ccc(C)cc1CCl. The van der Waals surface area contributed by atoms with Crippen molar-refractivity contribution in [3.63, 3.8) is 0 Å². The number of alkyl halides is 1. The highest BCUT2D eigenvalue weighted by Gasteiger charge is 2.24. The molecule has 0 amide bonds. The minimum Gasteiger partial charge on any atom is -0.373 e. The van der Waals surface area contributed by atoms with Crippen molar-refractivity contribution in [2.75, 3.05) is 31.6 Å². The average molecular weight is 281 g/mol. The zero-order chi connectivity index (χ0) is 13.8. The number of likely N-dealkylation sites (tertiary alicyclic amines) is 1. The summed E-state index contributed by atoms with van der Waals surface area (Å²) in [5.74, 6) is 0.587. The molecular weight excluding hydrogens is 256 g/mol. The van der Waals surface area contributed by atoms with Gasteiger partial charge in [0.2, 0.25) is 0 Å². The van der Waals surface area contributed by atoms with Crippen molar-refractivity contribution in [2.24, 2.45) is 0 Å². The molecule has 0 aromatic heterocycles. The van der Waals surface area contributed by atoms with Crippen LogP contribution in [-0.4, -0.2) is 37.6 Å². The van der Waals surface area contributed by atoms with Crippen LogP contribution in [0.1, 0.15) is 30.9 Å². The molecule has 1 atom stereocenters. The van der Waals surface area contributed by atoms with Gasteiger partial charge < -0.3 is 4.90 Å². The summed E-state index contributed by atoms with van der Waals surface area (Å²) < 4.78 is 0. The summed E-state index contributed by atoms with van der Waals surface area (Å²) in [5.41, 5.74) is 3.80. The molecule has 3 heteroatoms. The summed E-state index contributed by atoms with van der Waals surface area (Å²) in [6, 6.07) is 7.27. The fourth-order valence-corrected chi connectivity index (χ4v) is 3.34. The molecule has 0 radical (unpaired) electrons. The lowest BCUT2D eigenvalue weighted by Gasteiger charge is -2.30. The quantitative estimate of drug-likeness (QED) is 0.760. The van der Waals surface area contributed by atoms with Gasteiger partial charge in [0.1, 0.15) is 0 Å². The molecule has 0 saturated carbocycles. The van der Waals surface area contributed by atoms with Crippen LogP contribution in [0.5, 0.6) is 0 Å². The Labute approximate surface area is 122 Å². The predicted octanol–water partition coefficient (Wildman–Crippen LogP) is 3.65. The molecule has 1 aromatic rings. The molecule has 1 heterocycles. The summed E-state index contributed by atoms with van der Waals surface area (Å²) >= 11 is 6.08. The number of benzene rings is 1. The van der Waals surface area contributed by atoms with Crippen LogP contribution in [0, 0.1) is 6.92 Å². The number of aryl methyl sites for hydroxylation is 1. The predicted molar refractivity (Wildman–Crippen MR) is 84.3 cm³/mol. The molecular formula is C16H25ClN2. The lowest BCUT2D eigenvalue weighted by molar-refractivity contribution is 0.270. The van der Waals surface area contributed by atoms with E-state index >= 15 is 0 Å². The topological polar surface area (TPSA) is 6.48 Å². The van der Waals surface area contributed by atoms with Crippen LogP contribution in [0.25, 0.3) is 0 Å². The third-order valence-electron chi connectivity index (χ3n) is 4.18. The highest BCUT2D eigenvalue weighted by Crippen LogP contribution is 2.25. The van der Waals surface area contributed by atoms with E-state index in [0.717, 1.165) is 13.1 Å². The van der Waals surface area contributed by atoms with Crippen LogP contribution in [0.15, 0.2) is 18.2 Å². The molecule has 19 heavy (non-hydrogen) atoms. The van der Waals surface area contributed by atoms with Gasteiger partial charge in [0.25, 0.3) is 0 Å². The van der Waals surface area contributed by atoms with Gasteiger partial charge in [-0.2, -0.15) is 0 Å². The minimum absolute atomic E-state index is 0.587. The van der Waals surface area contributed by atoms with Crippen molar-refractivity contribution in [3.05, 3.63) is 29.3 Å². The van der Waals surface area contributed by atoms with Crippen LogP contribution in [-0.2, 0) is 5.88 Å². The molecule has 0 aliphatic carbocycles. The van der Waals surface area contributed by atoms with Crippen molar-refractivity contribution < 1.29 is 0 Å². The Hall–Kier alpha value is -0.730. The number of likely N-dealkylation sites (N-methyl/N-ethyl adjacent to an activating group) is 2. The Bertz CT molecular complexity index is 419. The van der Waals surface area contributed by atoms with Crippen LogP contribution in [0.4, 0.5) is 5.69 Å². The van der Waals surface area contributed by atoms with Crippen LogP contribution < -0.4 is 4.90 Å². The zero-order valence-electron chi connectivity index (χ0n) is 12.3. The van der Waals surface area contributed by atoms with Gasteiger partial charge in [0.05, 0.1) is 0 Å². The molecule has 2 nitrogen and oxygen atoms in total. The first kappa shape index (κ1) is 14.7. The summed E-state index contributed by atoms with van der Waals surface area (Å²) in [6.45, 7) is 7.89. The number of rotatable bonds is 5. The Balaban J connectivity index is 2.09. The lowest BCUT2D eigenvalue weighted by Crippen LogP contribution is -2.39. The Morgan fingerprint density at radius 3 is 2.89 bits per heavy atom. The zero-order valence-corrected chi connectivity index (χ0v) is 13.1. The van der Waals surface area contributed by atoms with E-state index < -0.39 is 0 Å². The largest absolute Gasteiger partial charge is 0.373 e. The highest BCUT2D eigenvalue weighted by molar-refractivity contribution is 6.17. The molecule has 0 spiro atoms. The number of halogens is 1. The van der Waals surface area contributed by atoms with Crippen LogP contribution >= 0.6 is 11.6 Å². The van der Waals surface area contributed by atoms with Crippen molar-refractivity contribution >= 4 is 17.3 Å². The fraction of sp³-hybridized carbons (Fsp3) is 0.625. The van der Waals surface area contributed by atoms with Crippen molar-refractivity contribution in [3.8, 4) is 0 Å². The van der Waals surface area contributed by atoms with Gasteiger partial charge in [0.15, 0.2) is 0 Å². The van der Waals surface area contributed by atoms with E-state index in [2.05, 4.69) is 48.9 Å². The number of anilines is 1. The minimum atomic E-state index is 0.587. The lowest BCUT2D eigenvalue weighted by atomic mass is 10.1. The summed E-state index contributed by atoms with van der Waals surface area (Å²) in [5, 5.41) is 0. The second-order valence-electron chi connectivity index (χ2n) is 5.57. The first-order valence-corrected chi connectivity index (χ1v) is 7.79. The average Bonchev–Trinajstić information content (AvgIpc) is 2.85. The van der Waals surface area contributed by atoms with Crippen LogP contribution in [0.3, 0.4) is 0 Å². The van der Waals surface area contributed by atoms with Gasteiger partial charge >= 0.3 is 0 Å². The highest BCUT2D eigenvalue weighted by atomic mass is 35.5. The molecule has 0 N–H and O–H groups in total. The van der Waals surface area contributed by atoms with Crippen molar-refractivity contribution in [2.45, 2.75) is 38.6 Å². The van der Waals surface area contributed by atoms with Gasteiger partial charge in [-0.15, -0.1) is 11.6 Å². The molecule has 0 bridgehead atoms. The van der Waals surface area contributed by atoms with Gasteiger partial charge in [-0.3, -0.25) is 4.90 Å². The second kappa shape index (κ2) is 6.62. The van der Waals surface area contributed by atoms with E-state index in [9.17, 15) is 0 Å². The summed E-state index contributed by atoms with van der Waals surface area (Å²) in [7, 11) is 2.19. The molecule has 1 aliphatic rings. The first-order valence-electron chi connectivity index (χ1n) is 7.26. The maximum absolute atomic E-state index is 6.08. The number of hydrogen-bond donors (Lipinski definition) is 0. The smallest absolute Gasteiger partial charge is 0.0494 e. The van der Waals surface area contributed by atoms with E-state index in [0.29, 0.717) is 11.9 Å². The van der Waals surface area contributed by atoms with Crippen molar-refractivity contribution in [1.82, 2.24) is 4.90 Å². The Kier molecular flexibility index (Phi) is 5.12. The summed E-state index contributed by atoms with van der Waals surface area (Å²) in [4.78, 5) is 4.96. The fourth-order valence-electron chi connectivity index (χ4n) is 3.13. The summed E-state index contributed by atoms with van der Waals surface area (Å²) in [6.07, 6.45) is 2.66. The maximum Gasteiger partial charge on any atom is 0.0494 e. The monoisotopic (exact) mass is 280 g/mol. The standard InChI is InChI=1S/C16H25ClN2/c1-4-19-9-5-6-15(19)12-18(3)16-8-7-13(2)10-14(16)11-17/h7-8,10,15H,4-6,9,11-12H2,1-3H3. The maximum atomic E-state index is 6.08. The van der Waals surface area contributed by atoms with Crippen LogP contribution in [0.2, 0.25) is 0 Å². The Morgan fingerprint density at radius 1 is 1.42 bits per heavy atom. The van der Waals surface area contributed by atoms with Crippen molar-refractivity contribution in [1.29, 1.82) is 0 Å². The van der Waals surface area contributed by atoms with Gasteiger partial charge in [-0.05, 0) is 44.5 Å². The van der Waals surface area contributed by atoms with Gasteiger partial charge in [-0.1, -0.05) is 24.6 Å². The molecule has 1 unspecified atom stereocenters. The molecule has 1 aliphatic heterocycles. The third-order valence-corrected chi connectivity index (χ3v) is 4.47. The first-order chi connectivity index (χ1) is 9.15. The van der Waals surface area contributed by atoms with E-state index in [1.165, 1.54) is 36.2 Å². The molecule has 1 aromatic carbocycles. The Morgan fingerprint density at radius 2 is 2.21 bits per heavy atom. The van der Waals surface area contributed by atoms with E-state index in [4.69, 9.17) is 11.6 Å². The number of nitrogens with zero attached hydrogens (tertiary/aromatic N) is 2. The van der Waals surface area contributed by atoms with E-state index in [-0.39, 0.29) is 0 Å². The van der Waals surface area contributed by atoms with Gasteiger partial charge in [0, 0.05) is 31.2 Å². The second-order valence-corrected chi connectivity index (χ2v) is 5.84. The third kappa shape index (κ3) is 3.43.